The highest BCUT2D eigenvalue weighted by Gasteiger charge is 2.46. The molecule has 2 aliphatic rings. The molecule has 1 aromatic rings. The van der Waals surface area contributed by atoms with Crippen LogP contribution in [-0.4, -0.2) is 0 Å². The molecule has 0 spiro atoms. The Kier molecular flexibility index (Phi) is 3.61. The Morgan fingerprint density at radius 3 is 1.75 bits per heavy atom. The normalized spacial score (nSPS) is 24.9. The average Bonchev–Trinajstić information content (AvgIpc) is 2.69. The van der Waals surface area contributed by atoms with Crippen molar-refractivity contribution in [1.29, 1.82) is 0 Å². The summed E-state index contributed by atoms with van der Waals surface area (Å²) in [6.45, 7) is 22.8. The van der Waals surface area contributed by atoms with E-state index in [1.165, 1.54) is 50.1 Å². The summed E-state index contributed by atoms with van der Waals surface area (Å²) in [7, 11) is 0. The SMILES string of the molecule is CCC1(C)OC(C)=C(C)c2c(C)c(C)c3c(c21)C(C)(C)C(C)=C3C. The van der Waals surface area contributed by atoms with Crippen molar-refractivity contribution in [3.05, 3.63) is 44.7 Å². The second-order valence-electron chi connectivity index (χ2n) is 8.49. The second kappa shape index (κ2) is 5.00. The predicted molar refractivity (Wildman–Crippen MR) is 104 cm³/mol. The molecular formula is C23H32O. The van der Waals surface area contributed by atoms with Crippen molar-refractivity contribution < 1.29 is 4.74 Å². The second-order valence-corrected chi connectivity index (χ2v) is 8.49. The van der Waals surface area contributed by atoms with Gasteiger partial charge in [0.25, 0.3) is 0 Å². The van der Waals surface area contributed by atoms with Crippen molar-refractivity contribution >= 4 is 11.1 Å². The summed E-state index contributed by atoms with van der Waals surface area (Å²) >= 11 is 0. The van der Waals surface area contributed by atoms with Gasteiger partial charge in [0.2, 0.25) is 0 Å². The van der Waals surface area contributed by atoms with Crippen molar-refractivity contribution in [3.63, 3.8) is 0 Å². The van der Waals surface area contributed by atoms with E-state index in [-0.39, 0.29) is 11.0 Å². The summed E-state index contributed by atoms with van der Waals surface area (Å²) < 4.78 is 6.51. The van der Waals surface area contributed by atoms with Gasteiger partial charge in [0.05, 0.1) is 5.76 Å². The molecule has 1 unspecified atom stereocenters. The molecule has 0 saturated heterocycles. The summed E-state index contributed by atoms with van der Waals surface area (Å²) in [5.41, 5.74) is 12.8. The summed E-state index contributed by atoms with van der Waals surface area (Å²) in [5, 5.41) is 0. The highest BCUT2D eigenvalue weighted by Crippen LogP contribution is 2.56. The van der Waals surface area contributed by atoms with Gasteiger partial charge in [-0.25, -0.2) is 0 Å². The first-order chi connectivity index (χ1) is 11.0. The molecule has 1 aliphatic carbocycles. The van der Waals surface area contributed by atoms with E-state index >= 15 is 0 Å². The minimum atomic E-state index is -0.246. The smallest absolute Gasteiger partial charge is 0.131 e. The van der Waals surface area contributed by atoms with Crippen LogP contribution in [0.1, 0.15) is 95.2 Å². The fourth-order valence-corrected chi connectivity index (χ4v) is 4.83. The first-order valence-electron chi connectivity index (χ1n) is 9.22. The number of benzene rings is 1. The Balaban J connectivity index is 2.57. The lowest BCUT2D eigenvalue weighted by Gasteiger charge is -2.42. The van der Waals surface area contributed by atoms with Gasteiger partial charge in [-0.15, -0.1) is 0 Å². The van der Waals surface area contributed by atoms with Crippen LogP contribution in [0.5, 0.6) is 0 Å². The molecule has 0 amide bonds. The minimum Gasteiger partial charge on any atom is -0.487 e. The van der Waals surface area contributed by atoms with Gasteiger partial charge < -0.3 is 4.74 Å². The van der Waals surface area contributed by atoms with Gasteiger partial charge >= 0.3 is 0 Å². The molecular weight excluding hydrogens is 292 g/mol. The van der Waals surface area contributed by atoms with Gasteiger partial charge in [-0.3, -0.25) is 0 Å². The highest BCUT2D eigenvalue weighted by molar-refractivity contribution is 5.87. The number of ether oxygens (including phenoxy) is 1. The van der Waals surface area contributed by atoms with Gasteiger partial charge in [0.15, 0.2) is 0 Å². The van der Waals surface area contributed by atoms with Crippen LogP contribution in [0.4, 0.5) is 0 Å². The number of fused-ring (bicyclic) bond motifs is 3. The quantitative estimate of drug-likeness (QED) is 0.552. The lowest BCUT2D eigenvalue weighted by atomic mass is 9.70. The third kappa shape index (κ3) is 1.87. The van der Waals surface area contributed by atoms with Crippen LogP contribution >= 0.6 is 0 Å². The van der Waals surface area contributed by atoms with Gasteiger partial charge in [-0.05, 0) is 93.9 Å². The number of rotatable bonds is 1. The first kappa shape index (κ1) is 17.3. The van der Waals surface area contributed by atoms with Crippen LogP contribution in [0.2, 0.25) is 0 Å². The molecule has 1 heteroatoms. The molecule has 1 aliphatic heterocycles. The Hall–Kier alpha value is -1.50. The zero-order valence-corrected chi connectivity index (χ0v) is 17.1. The van der Waals surface area contributed by atoms with Crippen molar-refractivity contribution in [2.75, 3.05) is 0 Å². The standard InChI is InChI=1S/C23H32O/c1-11-23(10)21-19(15(5)17(7)24-23)13(3)12(2)18-14(4)16(6)22(8,9)20(18)21/h11H2,1-10H3. The monoisotopic (exact) mass is 324 g/mol. The largest absolute Gasteiger partial charge is 0.487 e. The molecule has 3 rings (SSSR count). The van der Waals surface area contributed by atoms with E-state index in [1.807, 2.05) is 0 Å². The number of hydrogen-bond donors (Lipinski definition) is 0. The summed E-state index contributed by atoms with van der Waals surface area (Å²) in [6.07, 6.45) is 0.980. The molecule has 1 aromatic carbocycles. The van der Waals surface area contributed by atoms with Gasteiger partial charge in [0, 0.05) is 11.0 Å². The maximum Gasteiger partial charge on any atom is 0.131 e. The topological polar surface area (TPSA) is 9.23 Å². The Labute approximate surface area is 147 Å². The Bertz CT molecular complexity index is 817. The van der Waals surface area contributed by atoms with Crippen molar-refractivity contribution in [1.82, 2.24) is 0 Å². The molecule has 1 atom stereocenters. The maximum absolute atomic E-state index is 6.51. The van der Waals surface area contributed by atoms with Gasteiger partial charge in [-0.1, -0.05) is 26.3 Å². The predicted octanol–water partition coefficient (Wildman–Crippen LogP) is 6.79. The van der Waals surface area contributed by atoms with Crippen LogP contribution in [0, 0.1) is 13.8 Å². The van der Waals surface area contributed by atoms with E-state index in [9.17, 15) is 0 Å². The van der Waals surface area contributed by atoms with E-state index in [1.54, 1.807) is 0 Å². The molecule has 0 saturated carbocycles. The van der Waals surface area contributed by atoms with E-state index in [0.29, 0.717) is 0 Å². The van der Waals surface area contributed by atoms with Crippen LogP contribution in [0.15, 0.2) is 11.3 Å². The number of hydrogen-bond acceptors (Lipinski definition) is 1. The van der Waals surface area contributed by atoms with E-state index < -0.39 is 0 Å². The van der Waals surface area contributed by atoms with Crippen LogP contribution in [0.25, 0.3) is 11.1 Å². The lowest BCUT2D eigenvalue weighted by Crippen LogP contribution is -2.34. The molecule has 24 heavy (non-hydrogen) atoms. The summed E-state index contributed by atoms with van der Waals surface area (Å²) in [6, 6.07) is 0. The fourth-order valence-electron chi connectivity index (χ4n) is 4.83. The van der Waals surface area contributed by atoms with Crippen molar-refractivity contribution in [2.24, 2.45) is 0 Å². The minimum absolute atomic E-state index is 0.0628. The number of allylic oxidation sites excluding steroid dienone is 4. The Morgan fingerprint density at radius 2 is 1.25 bits per heavy atom. The first-order valence-corrected chi connectivity index (χ1v) is 9.22. The van der Waals surface area contributed by atoms with Crippen molar-refractivity contribution in [2.45, 2.75) is 86.7 Å². The van der Waals surface area contributed by atoms with Crippen molar-refractivity contribution in [3.8, 4) is 0 Å². The zero-order valence-electron chi connectivity index (χ0n) is 17.1. The molecule has 0 fully saturated rings. The molecule has 1 heterocycles. The highest BCUT2D eigenvalue weighted by atomic mass is 16.5. The Morgan fingerprint density at radius 1 is 0.750 bits per heavy atom. The zero-order chi connectivity index (χ0) is 18.2. The summed E-state index contributed by atoms with van der Waals surface area (Å²) in [4.78, 5) is 0. The molecule has 0 bridgehead atoms. The maximum atomic E-state index is 6.51. The third-order valence-electron chi connectivity index (χ3n) is 7.05. The average molecular weight is 325 g/mol. The lowest BCUT2D eigenvalue weighted by molar-refractivity contribution is 0.00689. The van der Waals surface area contributed by atoms with Crippen LogP contribution in [0.3, 0.4) is 0 Å². The molecule has 0 aromatic heterocycles. The van der Waals surface area contributed by atoms with E-state index in [4.69, 9.17) is 4.74 Å². The van der Waals surface area contributed by atoms with Gasteiger partial charge in [-0.2, -0.15) is 0 Å². The van der Waals surface area contributed by atoms with Crippen LogP contribution in [-0.2, 0) is 15.8 Å². The van der Waals surface area contributed by atoms with Gasteiger partial charge in [0.1, 0.15) is 5.60 Å². The van der Waals surface area contributed by atoms with E-state index in [0.717, 1.165) is 12.2 Å². The van der Waals surface area contributed by atoms with Crippen LogP contribution < -0.4 is 0 Å². The molecule has 0 radical (unpaired) electrons. The summed E-state index contributed by atoms with van der Waals surface area (Å²) in [5.74, 6) is 1.08. The molecule has 0 N–H and O–H groups in total. The van der Waals surface area contributed by atoms with E-state index in [2.05, 4.69) is 69.2 Å². The molecule has 1 nitrogen and oxygen atoms in total. The molecule has 130 valence electrons. The fraction of sp³-hybridized carbons (Fsp3) is 0.565. The third-order valence-corrected chi connectivity index (χ3v) is 7.05.